The molecular formula is C15H23NO2S. The molecule has 0 aromatic heterocycles. The fraction of sp³-hybridized carbons (Fsp3) is 0.600. The molecule has 1 aliphatic rings. The van der Waals surface area contributed by atoms with Crippen LogP contribution in [0.15, 0.2) is 18.2 Å². The normalized spacial score (nSPS) is 24.4. The number of hydrogen-bond donors (Lipinski definition) is 1. The number of sulfone groups is 1. The molecule has 2 N–H and O–H groups in total. The van der Waals surface area contributed by atoms with Crippen LogP contribution in [0.25, 0.3) is 0 Å². The van der Waals surface area contributed by atoms with Gasteiger partial charge >= 0.3 is 0 Å². The third-order valence-electron chi connectivity index (χ3n) is 3.88. The Labute approximate surface area is 116 Å². The quantitative estimate of drug-likeness (QED) is 0.926. The first kappa shape index (κ1) is 14.5. The molecule has 0 amide bonds. The van der Waals surface area contributed by atoms with E-state index in [1.807, 2.05) is 26.0 Å². The van der Waals surface area contributed by atoms with Gasteiger partial charge in [0.1, 0.15) is 0 Å². The monoisotopic (exact) mass is 281 g/mol. The first-order valence-electron chi connectivity index (χ1n) is 6.91. The van der Waals surface area contributed by atoms with Gasteiger partial charge in [-0.3, -0.25) is 0 Å². The summed E-state index contributed by atoms with van der Waals surface area (Å²) in [5.41, 5.74) is 8.99. The zero-order chi connectivity index (χ0) is 14.0. The van der Waals surface area contributed by atoms with Gasteiger partial charge in [0, 0.05) is 6.04 Å². The Morgan fingerprint density at radius 3 is 2.11 bits per heavy atom. The zero-order valence-electron chi connectivity index (χ0n) is 11.7. The molecule has 106 valence electrons. The summed E-state index contributed by atoms with van der Waals surface area (Å²) in [5, 5.41) is -0.201. The first-order chi connectivity index (χ1) is 8.87. The second-order valence-electron chi connectivity index (χ2n) is 5.84. The van der Waals surface area contributed by atoms with Gasteiger partial charge in [-0.25, -0.2) is 8.42 Å². The van der Waals surface area contributed by atoms with Crippen LogP contribution in [0.3, 0.4) is 0 Å². The van der Waals surface area contributed by atoms with Crippen LogP contribution in [0.5, 0.6) is 0 Å². The third-order valence-corrected chi connectivity index (χ3v) is 6.10. The van der Waals surface area contributed by atoms with E-state index in [9.17, 15) is 8.42 Å². The van der Waals surface area contributed by atoms with E-state index in [-0.39, 0.29) is 17.0 Å². The molecule has 19 heavy (non-hydrogen) atoms. The van der Waals surface area contributed by atoms with Crippen LogP contribution in [0.2, 0.25) is 0 Å². The van der Waals surface area contributed by atoms with Gasteiger partial charge in [0.15, 0.2) is 9.84 Å². The fourth-order valence-corrected chi connectivity index (χ4v) is 4.81. The van der Waals surface area contributed by atoms with Gasteiger partial charge in [-0.05, 0) is 45.1 Å². The summed E-state index contributed by atoms with van der Waals surface area (Å²) in [4.78, 5) is 0. The molecule has 1 aromatic carbocycles. The summed E-state index contributed by atoms with van der Waals surface area (Å²) < 4.78 is 24.9. The molecule has 0 radical (unpaired) electrons. The average Bonchev–Trinajstić information content (AvgIpc) is 2.27. The maximum Gasteiger partial charge on any atom is 0.157 e. The van der Waals surface area contributed by atoms with E-state index in [0.717, 1.165) is 29.5 Å². The summed E-state index contributed by atoms with van der Waals surface area (Å²) in [6.07, 6.45) is 3.09. The van der Waals surface area contributed by atoms with Gasteiger partial charge < -0.3 is 5.73 Å². The lowest BCUT2D eigenvalue weighted by molar-refractivity contribution is 0.433. The van der Waals surface area contributed by atoms with Crippen molar-refractivity contribution in [2.75, 3.05) is 0 Å². The molecule has 0 unspecified atom stereocenters. The van der Waals surface area contributed by atoms with Gasteiger partial charge in [0.2, 0.25) is 0 Å². The predicted octanol–water partition coefficient (Wildman–Crippen LogP) is 2.49. The van der Waals surface area contributed by atoms with Crippen LogP contribution in [-0.4, -0.2) is 19.7 Å². The SMILES string of the molecule is Cc1cc(C)cc(CS(=O)(=O)C2CCC(N)CC2)c1. The minimum Gasteiger partial charge on any atom is -0.328 e. The van der Waals surface area contributed by atoms with Crippen LogP contribution in [0.1, 0.15) is 42.4 Å². The minimum absolute atomic E-state index is 0.162. The van der Waals surface area contributed by atoms with Crippen molar-refractivity contribution in [1.82, 2.24) is 0 Å². The second-order valence-corrected chi connectivity index (χ2v) is 8.12. The van der Waals surface area contributed by atoms with Gasteiger partial charge in [0.25, 0.3) is 0 Å². The van der Waals surface area contributed by atoms with Crippen LogP contribution in [-0.2, 0) is 15.6 Å². The Balaban J connectivity index is 2.12. The number of hydrogen-bond acceptors (Lipinski definition) is 3. The Morgan fingerprint density at radius 2 is 1.58 bits per heavy atom. The Kier molecular flexibility index (Phi) is 4.31. The van der Waals surface area contributed by atoms with Crippen molar-refractivity contribution >= 4 is 9.84 Å². The summed E-state index contributed by atoms with van der Waals surface area (Å²) >= 11 is 0. The maximum atomic E-state index is 12.4. The van der Waals surface area contributed by atoms with E-state index in [2.05, 4.69) is 6.07 Å². The van der Waals surface area contributed by atoms with Crippen LogP contribution >= 0.6 is 0 Å². The number of rotatable bonds is 3. The van der Waals surface area contributed by atoms with E-state index in [1.165, 1.54) is 0 Å². The van der Waals surface area contributed by atoms with Crippen molar-refractivity contribution < 1.29 is 8.42 Å². The van der Waals surface area contributed by atoms with E-state index in [4.69, 9.17) is 5.73 Å². The molecule has 3 nitrogen and oxygen atoms in total. The van der Waals surface area contributed by atoms with E-state index in [1.54, 1.807) is 0 Å². The van der Waals surface area contributed by atoms with Crippen molar-refractivity contribution in [3.8, 4) is 0 Å². The summed E-state index contributed by atoms with van der Waals surface area (Å²) in [6, 6.07) is 6.20. The van der Waals surface area contributed by atoms with Crippen molar-refractivity contribution in [3.63, 3.8) is 0 Å². The molecule has 0 saturated heterocycles. The number of benzene rings is 1. The smallest absolute Gasteiger partial charge is 0.157 e. The Hall–Kier alpha value is -0.870. The van der Waals surface area contributed by atoms with Gasteiger partial charge in [-0.1, -0.05) is 29.3 Å². The highest BCUT2D eigenvalue weighted by Gasteiger charge is 2.29. The highest BCUT2D eigenvalue weighted by molar-refractivity contribution is 7.91. The number of aryl methyl sites for hydroxylation is 2. The lowest BCUT2D eigenvalue weighted by Gasteiger charge is -2.26. The number of nitrogens with two attached hydrogens (primary N) is 1. The third kappa shape index (κ3) is 3.80. The maximum absolute atomic E-state index is 12.4. The lowest BCUT2D eigenvalue weighted by Crippen LogP contribution is -2.33. The van der Waals surface area contributed by atoms with Crippen molar-refractivity contribution in [2.24, 2.45) is 5.73 Å². The van der Waals surface area contributed by atoms with Crippen molar-refractivity contribution in [1.29, 1.82) is 0 Å². The van der Waals surface area contributed by atoms with Crippen LogP contribution in [0.4, 0.5) is 0 Å². The minimum atomic E-state index is -3.05. The molecule has 0 aliphatic heterocycles. The Bertz CT molecular complexity index is 523. The summed E-state index contributed by atoms with van der Waals surface area (Å²) in [6.45, 7) is 4.01. The van der Waals surface area contributed by atoms with Crippen LogP contribution in [0, 0.1) is 13.8 Å². The molecule has 4 heteroatoms. The van der Waals surface area contributed by atoms with Gasteiger partial charge in [0.05, 0.1) is 11.0 Å². The van der Waals surface area contributed by atoms with Crippen LogP contribution < -0.4 is 5.73 Å². The lowest BCUT2D eigenvalue weighted by atomic mass is 9.96. The summed E-state index contributed by atoms with van der Waals surface area (Å²) in [5.74, 6) is 0.162. The van der Waals surface area contributed by atoms with E-state index < -0.39 is 9.84 Å². The highest BCUT2D eigenvalue weighted by Crippen LogP contribution is 2.26. The molecule has 1 aliphatic carbocycles. The van der Waals surface area contributed by atoms with Gasteiger partial charge in [-0.15, -0.1) is 0 Å². The van der Waals surface area contributed by atoms with Crippen molar-refractivity contribution in [3.05, 3.63) is 34.9 Å². The first-order valence-corrected chi connectivity index (χ1v) is 8.63. The highest BCUT2D eigenvalue weighted by atomic mass is 32.2. The molecule has 1 saturated carbocycles. The van der Waals surface area contributed by atoms with Gasteiger partial charge in [-0.2, -0.15) is 0 Å². The molecule has 0 spiro atoms. The largest absolute Gasteiger partial charge is 0.328 e. The Morgan fingerprint density at radius 1 is 1.05 bits per heavy atom. The average molecular weight is 281 g/mol. The standard InChI is InChI=1S/C15H23NO2S/c1-11-7-12(2)9-13(8-11)10-19(17,18)15-5-3-14(16)4-6-15/h7-9,14-15H,3-6,10,16H2,1-2H3. The second kappa shape index (κ2) is 5.63. The molecule has 2 rings (SSSR count). The summed E-state index contributed by atoms with van der Waals surface area (Å²) in [7, 11) is -3.05. The molecular weight excluding hydrogens is 258 g/mol. The zero-order valence-corrected chi connectivity index (χ0v) is 12.5. The molecule has 0 bridgehead atoms. The molecule has 1 fully saturated rings. The molecule has 0 heterocycles. The van der Waals surface area contributed by atoms with Crippen molar-refractivity contribution in [2.45, 2.75) is 56.6 Å². The molecule has 0 atom stereocenters. The fourth-order valence-electron chi connectivity index (χ4n) is 2.95. The molecule has 1 aromatic rings. The van der Waals surface area contributed by atoms with E-state index >= 15 is 0 Å². The van der Waals surface area contributed by atoms with E-state index in [0.29, 0.717) is 12.8 Å². The predicted molar refractivity (Wildman–Crippen MR) is 78.8 cm³/mol. The topological polar surface area (TPSA) is 60.2 Å².